The van der Waals surface area contributed by atoms with Gasteiger partial charge in [0, 0.05) is 25.2 Å². The lowest BCUT2D eigenvalue weighted by atomic mass is 10.0. The second-order valence-electron chi connectivity index (χ2n) is 7.96. The lowest BCUT2D eigenvalue weighted by Crippen LogP contribution is -2.35. The Morgan fingerprint density at radius 2 is 1.88 bits per heavy atom. The number of nitrogens with zero attached hydrogens (tertiary/aromatic N) is 4. The molecule has 1 saturated heterocycles. The van der Waals surface area contributed by atoms with Crippen LogP contribution in [-0.4, -0.2) is 66.1 Å². The second kappa shape index (κ2) is 8.19. The Morgan fingerprint density at radius 3 is 2.72 bits per heavy atom. The van der Waals surface area contributed by atoms with Gasteiger partial charge < -0.3 is 5.32 Å². The summed E-state index contributed by atoms with van der Waals surface area (Å²) in [7, 11) is -3.75. The van der Waals surface area contributed by atoms with Crippen LogP contribution in [0.4, 0.5) is 10.2 Å². The minimum absolute atomic E-state index is 0.0200. The molecule has 1 fully saturated rings. The van der Waals surface area contributed by atoms with E-state index in [2.05, 4.69) is 20.2 Å². The summed E-state index contributed by atoms with van der Waals surface area (Å²) in [5, 5.41) is 3.83. The predicted molar refractivity (Wildman–Crippen MR) is 117 cm³/mol. The average molecular weight is 456 g/mol. The number of anilines is 1. The molecule has 0 bridgehead atoms. The molecule has 166 valence electrons. The molecule has 2 aliphatic rings. The Morgan fingerprint density at radius 1 is 1.03 bits per heavy atom. The molecule has 1 aromatic heterocycles. The average Bonchev–Trinajstić information content (AvgIpc) is 3.02. The molecule has 32 heavy (non-hydrogen) atoms. The van der Waals surface area contributed by atoms with Crippen molar-refractivity contribution in [3.63, 3.8) is 0 Å². The third-order valence-corrected chi connectivity index (χ3v) is 7.73. The Bertz CT molecular complexity index is 1310. The molecule has 2 aromatic carbocycles. The van der Waals surface area contributed by atoms with E-state index in [0.29, 0.717) is 61.9 Å². The number of sulfonamides is 1. The Labute approximate surface area is 185 Å². The summed E-state index contributed by atoms with van der Waals surface area (Å²) in [6.07, 6.45) is 0.645. The van der Waals surface area contributed by atoms with E-state index >= 15 is 0 Å². The monoisotopic (exact) mass is 455 g/mol. The number of hydrogen-bond acceptors (Lipinski definition) is 7. The van der Waals surface area contributed by atoms with Crippen molar-refractivity contribution in [3.05, 3.63) is 59.7 Å². The lowest BCUT2D eigenvalue weighted by Gasteiger charge is -2.22. The molecule has 3 aromatic rings. The van der Waals surface area contributed by atoms with Crippen molar-refractivity contribution < 1.29 is 17.6 Å². The molecule has 0 spiro atoms. The first-order valence-corrected chi connectivity index (χ1v) is 11.9. The number of rotatable bonds is 4. The minimum atomic E-state index is -3.75. The maximum atomic E-state index is 13.5. The van der Waals surface area contributed by atoms with Crippen LogP contribution in [0.1, 0.15) is 22.6 Å². The van der Waals surface area contributed by atoms with Crippen molar-refractivity contribution in [2.45, 2.75) is 17.9 Å². The first-order valence-electron chi connectivity index (χ1n) is 10.5. The van der Waals surface area contributed by atoms with Crippen LogP contribution < -0.4 is 5.32 Å². The molecule has 0 saturated carbocycles. The third-order valence-electron chi connectivity index (χ3n) is 5.83. The van der Waals surface area contributed by atoms with E-state index in [1.807, 2.05) is 12.1 Å². The fourth-order valence-electron chi connectivity index (χ4n) is 4.24. The van der Waals surface area contributed by atoms with Gasteiger partial charge >= 0.3 is 0 Å². The SMILES string of the molecule is O=C1CNc2nc(CN3CCCN(S(=O)(=O)c4cccc(F)c4)CC3)nc3cccc1c23. The van der Waals surface area contributed by atoms with Crippen molar-refractivity contribution in [2.24, 2.45) is 0 Å². The van der Waals surface area contributed by atoms with E-state index in [9.17, 15) is 17.6 Å². The lowest BCUT2D eigenvalue weighted by molar-refractivity contribution is 0.101. The zero-order chi connectivity index (χ0) is 22.3. The van der Waals surface area contributed by atoms with Crippen molar-refractivity contribution >= 4 is 32.5 Å². The molecule has 0 aliphatic carbocycles. The van der Waals surface area contributed by atoms with Gasteiger partial charge in [-0.2, -0.15) is 4.31 Å². The molecule has 0 atom stereocenters. The quantitative estimate of drug-likeness (QED) is 0.645. The molecule has 8 nitrogen and oxygen atoms in total. The molecule has 10 heteroatoms. The maximum Gasteiger partial charge on any atom is 0.243 e. The number of benzene rings is 2. The fraction of sp³-hybridized carbons (Fsp3) is 0.318. The van der Waals surface area contributed by atoms with Crippen LogP contribution in [0.2, 0.25) is 0 Å². The number of Topliss-reactive ketones (excluding diaryl/α,β-unsaturated/α-hetero) is 1. The van der Waals surface area contributed by atoms with Crippen LogP contribution in [0.3, 0.4) is 0 Å². The van der Waals surface area contributed by atoms with E-state index in [1.165, 1.54) is 22.5 Å². The molecular formula is C22H22FN5O3S. The molecule has 5 rings (SSSR count). The highest BCUT2D eigenvalue weighted by atomic mass is 32.2. The summed E-state index contributed by atoms with van der Waals surface area (Å²) in [5.41, 5.74) is 1.35. The predicted octanol–water partition coefficient (Wildman–Crippen LogP) is 2.27. The minimum Gasteiger partial charge on any atom is -0.362 e. The third kappa shape index (κ3) is 3.85. The van der Waals surface area contributed by atoms with Crippen molar-refractivity contribution in [1.29, 1.82) is 0 Å². The molecule has 3 heterocycles. The first-order chi connectivity index (χ1) is 15.4. The summed E-state index contributed by atoms with van der Waals surface area (Å²) in [5.74, 6) is 0.725. The Kier molecular flexibility index (Phi) is 5.36. The number of aromatic nitrogens is 2. The number of ketones is 1. The van der Waals surface area contributed by atoms with Crippen LogP contribution in [0.5, 0.6) is 0 Å². The highest BCUT2D eigenvalue weighted by Crippen LogP contribution is 2.28. The summed E-state index contributed by atoms with van der Waals surface area (Å²) in [6.45, 7) is 2.55. The Balaban J connectivity index is 1.34. The highest BCUT2D eigenvalue weighted by molar-refractivity contribution is 7.89. The van der Waals surface area contributed by atoms with Gasteiger partial charge in [-0.25, -0.2) is 22.8 Å². The van der Waals surface area contributed by atoms with Gasteiger partial charge in [-0.15, -0.1) is 0 Å². The molecule has 1 N–H and O–H groups in total. The second-order valence-corrected chi connectivity index (χ2v) is 9.89. The molecule has 0 amide bonds. The molecule has 0 radical (unpaired) electrons. The summed E-state index contributed by atoms with van der Waals surface area (Å²) >= 11 is 0. The van der Waals surface area contributed by atoms with Crippen LogP contribution in [0, 0.1) is 5.82 Å². The van der Waals surface area contributed by atoms with E-state index in [0.717, 1.165) is 11.5 Å². The zero-order valence-corrected chi connectivity index (χ0v) is 18.1. The number of hydrogen-bond donors (Lipinski definition) is 1. The van der Waals surface area contributed by atoms with E-state index in [4.69, 9.17) is 0 Å². The number of halogens is 1. The van der Waals surface area contributed by atoms with Gasteiger partial charge in [0.15, 0.2) is 5.78 Å². The fourth-order valence-corrected chi connectivity index (χ4v) is 5.75. The molecular weight excluding hydrogens is 433 g/mol. The van der Waals surface area contributed by atoms with E-state index in [-0.39, 0.29) is 17.2 Å². The topological polar surface area (TPSA) is 95.5 Å². The van der Waals surface area contributed by atoms with Gasteiger partial charge in [0.2, 0.25) is 10.0 Å². The standard InChI is InChI=1S/C22H22FN5O3S/c23-15-4-1-5-16(12-15)32(30,31)28-9-3-8-27(10-11-28)14-20-25-18-7-2-6-17-19(29)13-24-22(26-20)21(17)18/h1-2,4-7,12H,3,8-11,13-14H2,(H,24,25,26). The van der Waals surface area contributed by atoms with E-state index < -0.39 is 15.8 Å². The summed E-state index contributed by atoms with van der Waals surface area (Å²) < 4.78 is 40.8. The van der Waals surface area contributed by atoms with Crippen LogP contribution in [-0.2, 0) is 16.6 Å². The van der Waals surface area contributed by atoms with E-state index in [1.54, 1.807) is 6.07 Å². The van der Waals surface area contributed by atoms with Gasteiger partial charge in [-0.3, -0.25) is 9.69 Å². The maximum absolute atomic E-state index is 13.5. The molecule has 0 unspecified atom stereocenters. The van der Waals surface area contributed by atoms with Crippen molar-refractivity contribution in [2.75, 3.05) is 38.0 Å². The van der Waals surface area contributed by atoms with Gasteiger partial charge in [0.05, 0.1) is 28.9 Å². The van der Waals surface area contributed by atoms with Crippen LogP contribution in [0.25, 0.3) is 10.9 Å². The number of nitrogens with one attached hydrogen (secondary N) is 1. The summed E-state index contributed by atoms with van der Waals surface area (Å²) in [6, 6.07) is 10.6. The summed E-state index contributed by atoms with van der Waals surface area (Å²) in [4.78, 5) is 23.5. The van der Waals surface area contributed by atoms with Gasteiger partial charge in [-0.05, 0) is 37.2 Å². The Hall–Kier alpha value is -2.95. The highest BCUT2D eigenvalue weighted by Gasteiger charge is 2.28. The first kappa shape index (κ1) is 20.9. The normalized spacial score (nSPS) is 17.8. The van der Waals surface area contributed by atoms with Crippen molar-refractivity contribution in [1.82, 2.24) is 19.2 Å². The van der Waals surface area contributed by atoms with Crippen LogP contribution in [0.15, 0.2) is 47.4 Å². The van der Waals surface area contributed by atoms with Gasteiger partial charge in [-0.1, -0.05) is 18.2 Å². The zero-order valence-electron chi connectivity index (χ0n) is 17.3. The van der Waals surface area contributed by atoms with Crippen LogP contribution >= 0.6 is 0 Å². The van der Waals surface area contributed by atoms with Gasteiger partial charge in [0.1, 0.15) is 17.5 Å². The molecule has 2 aliphatic heterocycles. The van der Waals surface area contributed by atoms with Gasteiger partial charge in [0.25, 0.3) is 0 Å². The number of carbonyl (C=O) groups excluding carboxylic acids is 1. The number of carbonyl (C=O) groups is 1. The van der Waals surface area contributed by atoms with Crippen molar-refractivity contribution in [3.8, 4) is 0 Å². The smallest absolute Gasteiger partial charge is 0.243 e. The largest absolute Gasteiger partial charge is 0.362 e.